The molecule has 1 heterocycles. The number of nitriles is 1. The molecule has 0 N–H and O–H groups in total. The zero-order valence-electron chi connectivity index (χ0n) is 5.13. The molecule has 0 aliphatic carbocycles. The molecule has 9 heavy (non-hydrogen) atoms. The van der Waals surface area contributed by atoms with Crippen LogP contribution >= 0.6 is 0 Å². The number of pyridine rings is 1. The number of nitrogens with zero attached hydrogens (tertiary/aromatic N) is 2. The van der Waals surface area contributed by atoms with Crippen molar-refractivity contribution in [3.8, 4) is 6.07 Å². The van der Waals surface area contributed by atoms with E-state index in [0.29, 0.717) is 5.69 Å². The van der Waals surface area contributed by atoms with E-state index in [1.165, 1.54) is 0 Å². The average Bonchev–Trinajstić information content (AvgIpc) is 1.89. The second kappa shape index (κ2) is 2.32. The van der Waals surface area contributed by atoms with E-state index in [0.717, 1.165) is 5.46 Å². The first-order valence-corrected chi connectivity index (χ1v) is 2.66. The minimum atomic E-state index is 0.512. The van der Waals surface area contributed by atoms with Gasteiger partial charge in [0, 0.05) is 6.20 Å². The maximum absolute atomic E-state index is 8.41. The van der Waals surface area contributed by atoms with Gasteiger partial charge in [0.05, 0.1) is 0 Å². The molecule has 0 radical (unpaired) electrons. The standard InChI is InChI=1S/C6H5BN2/c7-5-2-1-3-9-6(5)4-8/h1-3H,7H2. The molecule has 1 rings (SSSR count). The molecule has 42 valence electrons. The molecule has 0 aromatic carbocycles. The SMILES string of the molecule is Bc1cccnc1C#N. The van der Waals surface area contributed by atoms with Crippen molar-refractivity contribution in [3.63, 3.8) is 0 Å². The largest absolute Gasteiger partial charge is 0.246 e. The summed E-state index contributed by atoms with van der Waals surface area (Å²) in [5, 5.41) is 8.41. The van der Waals surface area contributed by atoms with Crippen LogP contribution in [0.4, 0.5) is 0 Å². The van der Waals surface area contributed by atoms with Crippen molar-refractivity contribution in [1.29, 1.82) is 5.26 Å². The van der Waals surface area contributed by atoms with E-state index < -0.39 is 0 Å². The van der Waals surface area contributed by atoms with Gasteiger partial charge in [-0.2, -0.15) is 5.26 Å². The molecular weight excluding hydrogens is 111 g/mol. The van der Waals surface area contributed by atoms with E-state index in [1.807, 2.05) is 26.0 Å². The van der Waals surface area contributed by atoms with E-state index in [9.17, 15) is 0 Å². The molecule has 1 aromatic heterocycles. The van der Waals surface area contributed by atoms with Crippen molar-refractivity contribution in [2.45, 2.75) is 0 Å². The van der Waals surface area contributed by atoms with Gasteiger partial charge < -0.3 is 0 Å². The van der Waals surface area contributed by atoms with Crippen molar-refractivity contribution < 1.29 is 0 Å². The van der Waals surface area contributed by atoms with Gasteiger partial charge in [-0.15, -0.1) is 0 Å². The number of hydrogen-bond acceptors (Lipinski definition) is 2. The fourth-order valence-corrected chi connectivity index (χ4v) is 0.603. The first-order chi connectivity index (χ1) is 4.34. The van der Waals surface area contributed by atoms with Crippen molar-refractivity contribution in [1.82, 2.24) is 4.98 Å². The maximum Gasteiger partial charge on any atom is 0.143 e. The van der Waals surface area contributed by atoms with E-state index >= 15 is 0 Å². The Kier molecular flexibility index (Phi) is 1.50. The molecule has 0 aliphatic rings. The summed E-state index contributed by atoms with van der Waals surface area (Å²) >= 11 is 0. The van der Waals surface area contributed by atoms with Gasteiger partial charge in [-0.3, -0.25) is 0 Å². The summed E-state index contributed by atoms with van der Waals surface area (Å²) in [6.07, 6.45) is 1.62. The Balaban J connectivity index is 3.20. The summed E-state index contributed by atoms with van der Waals surface area (Å²) in [4.78, 5) is 3.84. The van der Waals surface area contributed by atoms with Crippen LogP contribution in [0.3, 0.4) is 0 Å². The predicted octanol–water partition coefficient (Wildman–Crippen LogP) is -0.788. The zero-order valence-corrected chi connectivity index (χ0v) is 5.13. The molecule has 0 spiro atoms. The Morgan fingerprint density at radius 2 is 2.44 bits per heavy atom. The first kappa shape index (κ1) is 5.83. The smallest absolute Gasteiger partial charge is 0.143 e. The molecule has 1 aromatic rings. The fourth-order valence-electron chi connectivity index (χ4n) is 0.603. The van der Waals surface area contributed by atoms with E-state index in [2.05, 4.69) is 4.98 Å². The van der Waals surface area contributed by atoms with Crippen LogP contribution in [0.5, 0.6) is 0 Å². The lowest BCUT2D eigenvalue weighted by Gasteiger charge is -1.89. The molecule has 0 unspecified atom stereocenters. The van der Waals surface area contributed by atoms with Gasteiger partial charge in [-0.1, -0.05) is 11.5 Å². The predicted molar refractivity (Wildman–Crippen MR) is 37.1 cm³/mol. The molecule has 0 atom stereocenters. The van der Waals surface area contributed by atoms with Crippen LogP contribution in [-0.4, -0.2) is 12.8 Å². The summed E-state index contributed by atoms with van der Waals surface area (Å²) in [7, 11) is 1.87. The third-order valence-electron chi connectivity index (χ3n) is 1.12. The van der Waals surface area contributed by atoms with Gasteiger partial charge in [0.2, 0.25) is 0 Å². The highest BCUT2D eigenvalue weighted by molar-refractivity contribution is 6.33. The minimum Gasteiger partial charge on any atom is -0.246 e. The van der Waals surface area contributed by atoms with Crippen LogP contribution in [0.1, 0.15) is 5.69 Å². The van der Waals surface area contributed by atoms with Crippen LogP contribution in [0, 0.1) is 11.3 Å². The van der Waals surface area contributed by atoms with Crippen LogP contribution in [0.25, 0.3) is 0 Å². The van der Waals surface area contributed by atoms with Crippen LogP contribution in [0.15, 0.2) is 18.3 Å². The lowest BCUT2D eigenvalue weighted by atomic mass is 9.95. The number of hydrogen-bond donors (Lipinski definition) is 0. The molecule has 0 saturated heterocycles. The van der Waals surface area contributed by atoms with Crippen LogP contribution in [0.2, 0.25) is 0 Å². The third kappa shape index (κ3) is 1.08. The van der Waals surface area contributed by atoms with E-state index in [4.69, 9.17) is 5.26 Å². The molecule has 0 aliphatic heterocycles. The fraction of sp³-hybridized carbons (Fsp3) is 0. The van der Waals surface area contributed by atoms with Gasteiger partial charge in [-0.25, -0.2) is 4.98 Å². The van der Waals surface area contributed by atoms with Gasteiger partial charge in [0.1, 0.15) is 19.6 Å². The molecular formula is C6H5BN2. The molecule has 0 bridgehead atoms. The summed E-state index contributed by atoms with van der Waals surface area (Å²) < 4.78 is 0. The van der Waals surface area contributed by atoms with Crippen molar-refractivity contribution in [2.75, 3.05) is 0 Å². The molecule has 0 fully saturated rings. The summed E-state index contributed by atoms with van der Waals surface area (Å²) in [6.45, 7) is 0. The van der Waals surface area contributed by atoms with Crippen molar-refractivity contribution in [2.24, 2.45) is 0 Å². The highest BCUT2D eigenvalue weighted by Crippen LogP contribution is 1.83. The van der Waals surface area contributed by atoms with Gasteiger partial charge in [-0.05, 0) is 6.07 Å². The molecule has 3 heteroatoms. The van der Waals surface area contributed by atoms with Gasteiger partial charge >= 0.3 is 0 Å². The molecule has 0 saturated carbocycles. The molecule has 2 nitrogen and oxygen atoms in total. The van der Waals surface area contributed by atoms with Crippen molar-refractivity contribution >= 4 is 13.3 Å². The van der Waals surface area contributed by atoms with Gasteiger partial charge in [0.25, 0.3) is 0 Å². The Bertz CT molecular complexity index is 251. The highest BCUT2D eigenvalue weighted by atomic mass is 14.7. The molecule has 0 amide bonds. The summed E-state index contributed by atoms with van der Waals surface area (Å²) in [5.41, 5.74) is 1.44. The zero-order chi connectivity index (χ0) is 6.69. The number of aromatic nitrogens is 1. The summed E-state index contributed by atoms with van der Waals surface area (Å²) in [6, 6.07) is 5.67. The lowest BCUT2D eigenvalue weighted by Crippen LogP contribution is -2.08. The van der Waals surface area contributed by atoms with Crippen molar-refractivity contribution in [3.05, 3.63) is 24.0 Å². The second-order valence-electron chi connectivity index (χ2n) is 1.78. The Labute approximate surface area is 54.6 Å². The highest BCUT2D eigenvalue weighted by Gasteiger charge is 1.91. The quantitative estimate of drug-likeness (QED) is 0.416. The normalized spacial score (nSPS) is 8.33. The van der Waals surface area contributed by atoms with Gasteiger partial charge in [0.15, 0.2) is 0 Å². The summed E-state index contributed by atoms with van der Waals surface area (Å²) in [5.74, 6) is 0. The van der Waals surface area contributed by atoms with Crippen LogP contribution < -0.4 is 5.46 Å². The third-order valence-corrected chi connectivity index (χ3v) is 1.12. The minimum absolute atomic E-state index is 0.512. The maximum atomic E-state index is 8.41. The Hall–Kier alpha value is -1.30. The topological polar surface area (TPSA) is 36.7 Å². The number of rotatable bonds is 0. The Morgan fingerprint density at radius 3 is 2.89 bits per heavy atom. The second-order valence-corrected chi connectivity index (χ2v) is 1.78. The monoisotopic (exact) mass is 116 g/mol. The Morgan fingerprint density at radius 1 is 1.67 bits per heavy atom. The first-order valence-electron chi connectivity index (χ1n) is 2.66. The van der Waals surface area contributed by atoms with E-state index in [-0.39, 0.29) is 0 Å². The van der Waals surface area contributed by atoms with E-state index in [1.54, 1.807) is 6.20 Å². The average molecular weight is 116 g/mol. The lowest BCUT2D eigenvalue weighted by molar-refractivity contribution is 1.28. The van der Waals surface area contributed by atoms with Crippen LogP contribution in [-0.2, 0) is 0 Å².